The lowest BCUT2D eigenvalue weighted by Crippen LogP contribution is -2.36. The number of carbonyl (C=O) groups is 1. The Bertz CT molecular complexity index is 984. The van der Waals surface area contributed by atoms with Gasteiger partial charge in [-0.3, -0.25) is 9.69 Å². The van der Waals surface area contributed by atoms with Crippen LogP contribution < -0.4 is 5.32 Å². The smallest absolute Gasteiger partial charge is 0.251 e. The number of rotatable bonds is 9. The van der Waals surface area contributed by atoms with Gasteiger partial charge in [0.1, 0.15) is 0 Å². The third kappa shape index (κ3) is 5.97. The van der Waals surface area contributed by atoms with Crippen molar-refractivity contribution in [2.24, 2.45) is 0 Å². The zero-order chi connectivity index (χ0) is 23.1. The summed E-state index contributed by atoms with van der Waals surface area (Å²) in [6, 6.07) is 15.1. The molecule has 1 fully saturated rings. The molecule has 0 aliphatic carbocycles. The van der Waals surface area contributed by atoms with E-state index in [2.05, 4.69) is 41.4 Å². The van der Waals surface area contributed by atoms with Crippen molar-refractivity contribution in [1.82, 2.24) is 14.5 Å². The molecule has 174 valence electrons. The van der Waals surface area contributed by atoms with E-state index < -0.39 is 10.0 Å². The molecule has 0 saturated carbocycles. The van der Waals surface area contributed by atoms with Gasteiger partial charge in [-0.2, -0.15) is 4.31 Å². The van der Waals surface area contributed by atoms with Crippen molar-refractivity contribution in [3.8, 4) is 0 Å². The number of carbonyl (C=O) groups excluding carboxylic acids is 1. The number of piperidine rings is 1. The number of hydrogen-bond acceptors (Lipinski definition) is 4. The monoisotopic (exact) mass is 457 g/mol. The molecule has 2 aromatic rings. The van der Waals surface area contributed by atoms with Gasteiger partial charge in [-0.05, 0) is 61.7 Å². The van der Waals surface area contributed by atoms with Gasteiger partial charge in [0.25, 0.3) is 5.91 Å². The van der Waals surface area contributed by atoms with Crippen molar-refractivity contribution >= 4 is 15.9 Å². The molecule has 1 saturated heterocycles. The maximum absolute atomic E-state index is 12.6. The molecule has 1 aliphatic rings. The Hall–Kier alpha value is -2.22. The van der Waals surface area contributed by atoms with Gasteiger partial charge in [-0.15, -0.1) is 0 Å². The van der Waals surface area contributed by atoms with E-state index in [-0.39, 0.29) is 10.8 Å². The van der Waals surface area contributed by atoms with Crippen LogP contribution in [-0.4, -0.2) is 49.2 Å². The second-order valence-electron chi connectivity index (χ2n) is 8.43. The number of sulfonamides is 1. The first-order chi connectivity index (χ1) is 15.3. The molecule has 1 heterocycles. The summed E-state index contributed by atoms with van der Waals surface area (Å²) < 4.78 is 26.6. The summed E-state index contributed by atoms with van der Waals surface area (Å²) in [5, 5.41) is 2.92. The number of amides is 1. The predicted molar refractivity (Wildman–Crippen MR) is 128 cm³/mol. The number of hydrogen-bond donors (Lipinski definition) is 1. The molecule has 32 heavy (non-hydrogen) atoms. The minimum atomic E-state index is -3.52. The Balaban J connectivity index is 1.55. The lowest BCUT2D eigenvalue weighted by atomic mass is 10.0. The Labute approximate surface area is 192 Å². The highest BCUT2D eigenvalue weighted by Gasteiger charge is 2.22. The molecular weight excluding hydrogens is 422 g/mol. The Morgan fingerprint density at radius 3 is 2.22 bits per heavy atom. The van der Waals surface area contributed by atoms with Crippen LogP contribution in [0.1, 0.15) is 61.5 Å². The molecule has 1 amide bonds. The van der Waals surface area contributed by atoms with E-state index in [1.807, 2.05) is 13.8 Å². The second kappa shape index (κ2) is 11.1. The van der Waals surface area contributed by atoms with E-state index >= 15 is 0 Å². The van der Waals surface area contributed by atoms with Crippen molar-refractivity contribution in [3.63, 3.8) is 0 Å². The largest absolute Gasteiger partial charge is 0.348 e. The minimum absolute atomic E-state index is 0.205. The average Bonchev–Trinajstić information content (AvgIpc) is 2.80. The minimum Gasteiger partial charge on any atom is -0.348 e. The van der Waals surface area contributed by atoms with Crippen molar-refractivity contribution in [2.75, 3.05) is 19.6 Å². The zero-order valence-electron chi connectivity index (χ0n) is 19.4. The van der Waals surface area contributed by atoms with Crippen LogP contribution in [0.15, 0.2) is 53.4 Å². The normalized spacial score (nSPS) is 17.4. The van der Waals surface area contributed by atoms with E-state index in [0.29, 0.717) is 31.2 Å². The summed E-state index contributed by atoms with van der Waals surface area (Å²) in [7, 11) is -3.52. The average molecular weight is 458 g/mol. The highest BCUT2D eigenvalue weighted by Crippen LogP contribution is 2.19. The quantitative estimate of drug-likeness (QED) is 0.617. The van der Waals surface area contributed by atoms with Crippen molar-refractivity contribution in [2.45, 2.75) is 64.1 Å². The fourth-order valence-corrected chi connectivity index (χ4v) is 5.62. The molecule has 0 spiro atoms. The predicted octanol–water partition coefficient (Wildman–Crippen LogP) is 4.02. The van der Waals surface area contributed by atoms with E-state index in [1.165, 1.54) is 41.3 Å². The molecule has 0 aromatic heterocycles. The molecule has 7 heteroatoms. The van der Waals surface area contributed by atoms with Gasteiger partial charge < -0.3 is 5.32 Å². The lowest BCUT2D eigenvalue weighted by molar-refractivity contribution is 0.0951. The van der Waals surface area contributed by atoms with Crippen LogP contribution in [0.4, 0.5) is 0 Å². The van der Waals surface area contributed by atoms with E-state index in [1.54, 1.807) is 12.1 Å². The van der Waals surface area contributed by atoms with Crippen LogP contribution in [0.2, 0.25) is 0 Å². The van der Waals surface area contributed by atoms with Gasteiger partial charge in [0.15, 0.2) is 0 Å². The van der Waals surface area contributed by atoms with E-state index in [0.717, 1.165) is 18.7 Å². The molecule has 0 radical (unpaired) electrons. The maximum Gasteiger partial charge on any atom is 0.251 e. The Morgan fingerprint density at radius 2 is 1.62 bits per heavy atom. The highest BCUT2D eigenvalue weighted by molar-refractivity contribution is 7.89. The van der Waals surface area contributed by atoms with Gasteiger partial charge in [0.2, 0.25) is 10.0 Å². The van der Waals surface area contributed by atoms with Crippen LogP contribution >= 0.6 is 0 Å². The zero-order valence-corrected chi connectivity index (χ0v) is 20.2. The first-order valence-electron chi connectivity index (χ1n) is 11.6. The van der Waals surface area contributed by atoms with Crippen LogP contribution in [0.25, 0.3) is 0 Å². The number of likely N-dealkylation sites (tertiary alicyclic amines) is 1. The van der Waals surface area contributed by atoms with Gasteiger partial charge in [-0.25, -0.2) is 8.42 Å². The maximum atomic E-state index is 12.6. The summed E-state index contributed by atoms with van der Waals surface area (Å²) in [6.45, 7) is 9.30. The fraction of sp³-hybridized carbons (Fsp3) is 0.480. The molecule has 1 atom stereocenters. The van der Waals surface area contributed by atoms with Crippen LogP contribution in [0.3, 0.4) is 0 Å². The highest BCUT2D eigenvalue weighted by atomic mass is 32.2. The molecule has 1 N–H and O–H groups in total. The molecule has 6 nitrogen and oxygen atoms in total. The summed E-state index contributed by atoms with van der Waals surface area (Å²) in [4.78, 5) is 15.3. The standard InChI is InChI=1S/C25H35N3O3S/c1-4-28(5-2)32(30,31)24-15-13-23(14-16-24)25(29)26-18-21-9-11-22(12-10-21)19-27-17-7-6-8-20(27)3/h9-16,20H,4-8,17-19H2,1-3H3,(H,26,29). The summed E-state index contributed by atoms with van der Waals surface area (Å²) in [5.74, 6) is -0.219. The van der Waals surface area contributed by atoms with Gasteiger partial charge in [0.05, 0.1) is 4.90 Å². The van der Waals surface area contributed by atoms with Gasteiger partial charge >= 0.3 is 0 Å². The van der Waals surface area contributed by atoms with E-state index in [4.69, 9.17) is 0 Å². The molecular formula is C25H35N3O3S. The molecule has 2 aromatic carbocycles. The van der Waals surface area contributed by atoms with Crippen LogP contribution in [0, 0.1) is 0 Å². The molecule has 3 rings (SSSR count). The first kappa shape index (κ1) is 24.4. The molecule has 0 bridgehead atoms. The lowest BCUT2D eigenvalue weighted by Gasteiger charge is -2.33. The number of nitrogens with zero attached hydrogens (tertiary/aromatic N) is 2. The van der Waals surface area contributed by atoms with Crippen molar-refractivity contribution in [1.29, 1.82) is 0 Å². The van der Waals surface area contributed by atoms with Crippen molar-refractivity contribution in [3.05, 3.63) is 65.2 Å². The summed E-state index contributed by atoms with van der Waals surface area (Å²) >= 11 is 0. The summed E-state index contributed by atoms with van der Waals surface area (Å²) in [6.07, 6.45) is 3.87. The number of benzene rings is 2. The molecule has 1 aliphatic heterocycles. The summed E-state index contributed by atoms with van der Waals surface area (Å²) in [5.41, 5.74) is 2.77. The Morgan fingerprint density at radius 1 is 1.00 bits per heavy atom. The van der Waals surface area contributed by atoms with E-state index in [9.17, 15) is 13.2 Å². The number of nitrogens with one attached hydrogen (secondary N) is 1. The third-order valence-corrected chi connectivity index (χ3v) is 8.33. The topological polar surface area (TPSA) is 69.7 Å². The fourth-order valence-electron chi connectivity index (χ4n) is 4.16. The van der Waals surface area contributed by atoms with Crippen LogP contribution in [0.5, 0.6) is 0 Å². The van der Waals surface area contributed by atoms with Crippen molar-refractivity contribution < 1.29 is 13.2 Å². The van der Waals surface area contributed by atoms with Crippen LogP contribution in [-0.2, 0) is 23.1 Å². The molecule has 1 unspecified atom stereocenters. The third-order valence-electron chi connectivity index (χ3n) is 6.26. The Kier molecular flexibility index (Phi) is 8.45. The first-order valence-corrected chi connectivity index (χ1v) is 13.0. The SMILES string of the molecule is CCN(CC)S(=O)(=O)c1ccc(C(=O)NCc2ccc(CN3CCCCC3C)cc2)cc1. The van der Waals surface area contributed by atoms with Gasteiger partial charge in [-0.1, -0.05) is 44.5 Å². The second-order valence-corrected chi connectivity index (χ2v) is 10.4. The van der Waals surface area contributed by atoms with Gasteiger partial charge in [0, 0.05) is 37.8 Å².